The highest BCUT2D eigenvalue weighted by Crippen LogP contribution is 2.28. The van der Waals surface area contributed by atoms with Crippen molar-refractivity contribution in [2.24, 2.45) is 0 Å². The van der Waals surface area contributed by atoms with Crippen LogP contribution in [0.2, 0.25) is 5.02 Å². The first-order valence-electron chi connectivity index (χ1n) is 6.39. The average Bonchev–Trinajstić information content (AvgIpc) is 2.75. The van der Waals surface area contributed by atoms with Gasteiger partial charge in [0.05, 0.1) is 0 Å². The molecule has 0 amide bonds. The van der Waals surface area contributed by atoms with E-state index in [1.54, 1.807) is 19.1 Å². The lowest BCUT2D eigenvalue weighted by atomic mass is 9.99. The number of carbonyl (C=O) groups is 1. The van der Waals surface area contributed by atoms with Crippen molar-refractivity contribution in [3.8, 4) is 5.75 Å². The van der Waals surface area contributed by atoms with Crippen molar-refractivity contribution in [1.29, 1.82) is 0 Å². The van der Waals surface area contributed by atoms with Crippen LogP contribution in [0.15, 0.2) is 24.3 Å². The Labute approximate surface area is 117 Å². The Hall–Kier alpha value is -1.26. The summed E-state index contributed by atoms with van der Waals surface area (Å²) in [7, 11) is 0. The molecule has 1 aliphatic heterocycles. The Bertz CT molecular complexity index is 449. The van der Waals surface area contributed by atoms with Crippen LogP contribution >= 0.6 is 11.6 Å². The number of nitrogens with zero attached hydrogens (tertiary/aromatic N) is 1. The highest BCUT2D eigenvalue weighted by molar-refractivity contribution is 6.30. The topological polar surface area (TPSA) is 49.8 Å². The van der Waals surface area contributed by atoms with Gasteiger partial charge in [0.2, 0.25) is 0 Å². The van der Waals surface area contributed by atoms with Crippen molar-refractivity contribution in [2.75, 3.05) is 19.7 Å². The molecule has 1 aromatic rings. The van der Waals surface area contributed by atoms with Gasteiger partial charge >= 0.3 is 5.97 Å². The summed E-state index contributed by atoms with van der Waals surface area (Å²) in [4.78, 5) is 13.3. The van der Waals surface area contributed by atoms with Gasteiger partial charge in [-0.15, -0.1) is 0 Å². The molecule has 1 fully saturated rings. The van der Waals surface area contributed by atoms with E-state index in [2.05, 4.69) is 0 Å². The summed E-state index contributed by atoms with van der Waals surface area (Å²) in [6.45, 7) is 3.69. The smallest absolute Gasteiger partial charge is 0.323 e. The summed E-state index contributed by atoms with van der Waals surface area (Å²) in [5.74, 6) is -0.00267. The van der Waals surface area contributed by atoms with Gasteiger partial charge in [-0.2, -0.15) is 0 Å². The maximum Gasteiger partial charge on any atom is 0.323 e. The molecule has 0 aromatic heterocycles. The zero-order chi connectivity index (χ0) is 13.9. The van der Waals surface area contributed by atoms with Crippen molar-refractivity contribution in [3.05, 3.63) is 29.3 Å². The number of likely N-dealkylation sites (tertiary alicyclic amines) is 1. The van der Waals surface area contributed by atoms with E-state index in [1.165, 1.54) is 0 Å². The summed E-state index contributed by atoms with van der Waals surface area (Å²) >= 11 is 5.79. The standard InChI is InChI=1S/C14H18ClNO3/c1-14(13(17)18)7-2-8-16(14)9-10-19-12-5-3-11(15)4-6-12/h3-6H,2,7-10H2,1H3,(H,17,18). The van der Waals surface area contributed by atoms with Gasteiger partial charge in [-0.3, -0.25) is 9.69 Å². The molecule has 0 aliphatic carbocycles. The molecule has 5 heteroatoms. The lowest BCUT2D eigenvalue weighted by Crippen LogP contribution is -2.49. The molecule has 1 unspecified atom stereocenters. The van der Waals surface area contributed by atoms with Crippen LogP contribution in [0.1, 0.15) is 19.8 Å². The lowest BCUT2D eigenvalue weighted by Gasteiger charge is -2.30. The van der Waals surface area contributed by atoms with Gasteiger partial charge in [0, 0.05) is 11.6 Å². The van der Waals surface area contributed by atoms with Gasteiger partial charge in [-0.25, -0.2) is 0 Å². The molecule has 1 saturated heterocycles. The highest BCUT2D eigenvalue weighted by atomic mass is 35.5. The van der Waals surface area contributed by atoms with Gasteiger partial charge in [0.25, 0.3) is 0 Å². The first kappa shape index (κ1) is 14.2. The molecule has 104 valence electrons. The van der Waals surface area contributed by atoms with Crippen molar-refractivity contribution in [1.82, 2.24) is 4.90 Å². The van der Waals surface area contributed by atoms with E-state index in [-0.39, 0.29) is 0 Å². The third kappa shape index (κ3) is 3.19. The molecular formula is C14H18ClNO3. The van der Waals surface area contributed by atoms with Gasteiger partial charge in [0.1, 0.15) is 17.9 Å². The largest absolute Gasteiger partial charge is 0.492 e. The fraction of sp³-hybridized carbons (Fsp3) is 0.500. The van der Waals surface area contributed by atoms with Gasteiger partial charge in [0.15, 0.2) is 0 Å². The number of carboxylic acid groups (broad SMARTS) is 1. The van der Waals surface area contributed by atoms with E-state index in [4.69, 9.17) is 16.3 Å². The maximum absolute atomic E-state index is 11.3. The summed E-state index contributed by atoms with van der Waals surface area (Å²) in [6.07, 6.45) is 1.62. The van der Waals surface area contributed by atoms with E-state index in [9.17, 15) is 9.90 Å². The Morgan fingerprint density at radius 1 is 1.47 bits per heavy atom. The van der Waals surface area contributed by atoms with Crippen molar-refractivity contribution in [2.45, 2.75) is 25.3 Å². The van der Waals surface area contributed by atoms with Crippen molar-refractivity contribution in [3.63, 3.8) is 0 Å². The fourth-order valence-corrected chi connectivity index (χ4v) is 2.55. The van der Waals surface area contributed by atoms with Gasteiger partial charge in [-0.1, -0.05) is 11.6 Å². The van der Waals surface area contributed by atoms with Crippen LogP contribution in [0.5, 0.6) is 5.75 Å². The molecule has 0 spiro atoms. The SMILES string of the molecule is CC1(C(=O)O)CCCN1CCOc1ccc(Cl)cc1. The molecule has 1 atom stereocenters. The molecule has 0 bridgehead atoms. The number of carboxylic acids is 1. The molecule has 0 saturated carbocycles. The molecular weight excluding hydrogens is 266 g/mol. The normalized spacial score (nSPS) is 23.5. The second kappa shape index (κ2) is 5.80. The Kier molecular flexibility index (Phi) is 4.32. The molecule has 1 aliphatic rings. The van der Waals surface area contributed by atoms with Crippen LogP contribution in [-0.4, -0.2) is 41.2 Å². The number of hydrogen-bond acceptors (Lipinski definition) is 3. The van der Waals surface area contributed by atoms with E-state index in [0.29, 0.717) is 24.6 Å². The third-order valence-electron chi connectivity index (χ3n) is 3.69. The van der Waals surface area contributed by atoms with Crippen LogP contribution in [0, 0.1) is 0 Å². The summed E-state index contributed by atoms with van der Waals surface area (Å²) < 4.78 is 5.60. The highest BCUT2D eigenvalue weighted by Gasteiger charge is 2.42. The van der Waals surface area contributed by atoms with E-state index >= 15 is 0 Å². The number of benzene rings is 1. The molecule has 1 N–H and O–H groups in total. The van der Waals surface area contributed by atoms with Crippen molar-refractivity contribution < 1.29 is 14.6 Å². The number of ether oxygens (including phenoxy) is 1. The Balaban J connectivity index is 1.85. The van der Waals surface area contributed by atoms with Crippen LogP contribution in [0.4, 0.5) is 0 Å². The molecule has 2 rings (SSSR count). The molecule has 4 nitrogen and oxygen atoms in total. The quantitative estimate of drug-likeness (QED) is 0.903. The molecule has 0 radical (unpaired) electrons. The predicted octanol–water partition coefficient (Wildman–Crippen LogP) is 2.66. The summed E-state index contributed by atoms with van der Waals surface area (Å²) in [5.41, 5.74) is -0.747. The second-order valence-electron chi connectivity index (χ2n) is 4.97. The number of halogens is 1. The second-order valence-corrected chi connectivity index (χ2v) is 5.41. The van der Waals surface area contributed by atoms with Gasteiger partial charge in [-0.05, 0) is 50.6 Å². The van der Waals surface area contributed by atoms with Crippen molar-refractivity contribution >= 4 is 17.6 Å². The lowest BCUT2D eigenvalue weighted by molar-refractivity contribution is -0.148. The van der Waals surface area contributed by atoms with E-state index in [0.717, 1.165) is 18.7 Å². The summed E-state index contributed by atoms with van der Waals surface area (Å²) in [6, 6.07) is 7.16. The van der Waals surface area contributed by atoms with E-state index in [1.807, 2.05) is 17.0 Å². The Morgan fingerprint density at radius 2 is 2.16 bits per heavy atom. The maximum atomic E-state index is 11.3. The average molecular weight is 284 g/mol. The fourth-order valence-electron chi connectivity index (χ4n) is 2.42. The molecule has 1 heterocycles. The minimum atomic E-state index is -0.753. The molecule has 19 heavy (non-hydrogen) atoms. The van der Waals surface area contributed by atoms with Crippen LogP contribution in [-0.2, 0) is 4.79 Å². The summed E-state index contributed by atoms with van der Waals surface area (Å²) in [5, 5.41) is 9.96. The third-order valence-corrected chi connectivity index (χ3v) is 3.95. The first-order valence-corrected chi connectivity index (χ1v) is 6.77. The number of hydrogen-bond donors (Lipinski definition) is 1. The predicted molar refractivity (Wildman–Crippen MR) is 73.8 cm³/mol. The zero-order valence-corrected chi connectivity index (χ0v) is 11.7. The van der Waals surface area contributed by atoms with E-state index < -0.39 is 11.5 Å². The minimum Gasteiger partial charge on any atom is -0.492 e. The van der Waals surface area contributed by atoms with Crippen LogP contribution in [0.25, 0.3) is 0 Å². The zero-order valence-electron chi connectivity index (χ0n) is 10.9. The number of aliphatic carboxylic acids is 1. The number of rotatable bonds is 5. The Morgan fingerprint density at radius 3 is 2.79 bits per heavy atom. The first-order chi connectivity index (χ1) is 9.02. The minimum absolute atomic E-state index is 0.477. The molecule has 1 aromatic carbocycles. The monoisotopic (exact) mass is 283 g/mol. The van der Waals surface area contributed by atoms with Crippen LogP contribution < -0.4 is 4.74 Å². The van der Waals surface area contributed by atoms with Gasteiger partial charge < -0.3 is 9.84 Å². The van der Waals surface area contributed by atoms with Crippen LogP contribution in [0.3, 0.4) is 0 Å².